The Morgan fingerprint density at radius 3 is 2.94 bits per heavy atom. The molecule has 7 nitrogen and oxygen atoms in total. The molecule has 96 valence electrons. The minimum atomic E-state index is -0.238. The zero-order valence-corrected chi connectivity index (χ0v) is 10.1. The van der Waals surface area contributed by atoms with E-state index in [1.807, 2.05) is 0 Å². The first-order valence-electron chi connectivity index (χ1n) is 5.57. The highest BCUT2D eigenvalue weighted by atomic mass is 16.2. The number of nitrogen functional groups attached to an aromatic ring is 1. The molecule has 0 bridgehead atoms. The minimum Gasteiger partial charge on any atom is -0.342 e. The number of pyridine rings is 1. The molecule has 0 aliphatic carbocycles. The quantitative estimate of drug-likeness (QED) is 0.533. The fourth-order valence-corrected chi connectivity index (χ4v) is 1.79. The van der Waals surface area contributed by atoms with Crippen LogP contribution >= 0.6 is 0 Å². The largest absolute Gasteiger partial charge is 0.342 e. The summed E-state index contributed by atoms with van der Waals surface area (Å²) >= 11 is 0. The number of likely N-dealkylation sites (N-methyl/N-ethyl adjacent to an activating group) is 1. The number of rotatable bonds is 2. The van der Waals surface area contributed by atoms with Crippen molar-refractivity contribution in [2.24, 2.45) is 5.84 Å². The van der Waals surface area contributed by atoms with Gasteiger partial charge in [0, 0.05) is 32.5 Å². The predicted molar refractivity (Wildman–Crippen MR) is 65.6 cm³/mol. The van der Waals surface area contributed by atoms with Crippen LogP contribution in [0.5, 0.6) is 0 Å². The number of nitrogens with zero attached hydrogens (tertiary/aromatic N) is 3. The Kier molecular flexibility index (Phi) is 3.42. The van der Waals surface area contributed by atoms with Gasteiger partial charge in [0.15, 0.2) is 0 Å². The summed E-state index contributed by atoms with van der Waals surface area (Å²) in [5.41, 5.74) is 3.33. The molecule has 1 aromatic rings. The van der Waals surface area contributed by atoms with Gasteiger partial charge >= 0.3 is 0 Å². The van der Waals surface area contributed by atoms with E-state index in [-0.39, 0.29) is 18.4 Å². The third-order valence-corrected chi connectivity index (χ3v) is 2.95. The van der Waals surface area contributed by atoms with Gasteiger partial charge in [-0.05, 0) is 6.07 Å². The molecule has 3 N–H and O–H groups in total. The van der Waals surface area contributed by atoms with Crippen molar-refractivity contribution in [3.05, 3.63) is 24.0 Å². The van der Waals surface area contributed by atoms with E-state index >= 15 is 0 Å². The number of carbonyl (C=O) groups is 2. The molecule has 0 radical (unpaired) electrons. The molecule has 1 aliphatic rings. The maximum atomic E-state index is 12.3. The van der Waals surface area contributed by atoms with Crippen LogP contribution in [-0.4, -0.2) is 53.3 Å². The summed E-state index contributed by atoms with van der Waals surface area (Å²) in [6.45, 7) is 1.14. The number of hydrogen-bond donors (Lipinski definition) is 2. The van der Waals surface area contributed by atoms with Crippen LogP contribution in [0, 0.1) is 0 Å². The van der Waals surface area contributed by atoms with E-state index in [4.69, 9.17) is 5.84 Å². The summed E-state index contributed by atoms with van der Waals surface area (Å²) < 4.78 is 0. The highest BCUT2D eigenvalue weighted by Crippen LogP contribution is 2.15. The van der Waals surface area contributed by atoms with Gasteiger partial charge in [0.2, 0.25) is 5.91 Å². The first-order valence-corrected chi connectivity index (χ1v) is 5.57. The van der Waals surface area contributed by atoms with Gasteiger partial charge < -0.3 is 15.2 Å². The molecule has 1 aliphatic heterocycles. The average molecular weight is 249 g/mol. The smallest absolute Gasteiger partial charge is 0.258 e. The van der Waals surface area contributed by atoms with Crippen molar-refractivity contribution in [3.8, 4) is 0 Å². The van der Waals surface area contributed by atoms with Gasteiger partial charge in [-0.15, -0.1) is 0 Å². The van der Waals surface area contributed by atoms with Crippen LogP contribution in [-0.2, 0) is 4.79 Å². The summed E-state index contributed by atoms with van der Waals surface area (Å²) in [4.78, 5) is 30.8. The molecule has 0 atom stereocenters. The van der Waals surface area contributed by atoms with Crippen molar-refractivity contribution in [1.29, 1.82) is 0 Å². The molecule has 1 saturated heterocycles. The Balaban J connectivity index is 2.19. The lowest BCUT2D eigenvalue weighted by Crippen LogP contribution is -2.50. The highest BCUT2D eigenvalue weighted by molar-refractivity contribution is 6.01. The van der Waals surface area contributed by atoms with Gasteiger partial charge in [0.1, 0.15) is 6.54 Å². The lowest BCUT2D eigenvalue weighted by Gasteiger charge is -2.32. The van der Waals surface area contributed by atoms with E-state index in [0.29, 0.717) is 24.3 Å². The van der Waals surface area contributed by atoms with Gasteiger partial charge in [-0.2, -0.15) is 0 Å². The molecule has 2 heterocycles. The average Bonchev–Trinajstić information content (AvgIpc) is 2.41. The Morgan fingerprint density at radius 1 is 1.50 bits per heavy atom. The third kappa shape index (κ3) is 2.25. The van der Waals surface area contributed by atoms with Crippen molar-refractivity contribution < 1.29 is 9.59 Å². The van der Waals surface area contributed by atoms with Crippen molar-refractivity contribution in [1.82, 2.24) is 14.8 Å². The van der Waals surface area contributed by atoms with Gasteiger partial charge in [-0.25, -0.2) is 0 Å². The molecule has 0 saturated carbocycles. The van der Waals surface area contributed by atoms with Crippen molar-refractivity contribution in [2.75, 3.05) is 32.1 Å². The van der Waals surface area contributed by atoms with Crippen LogP contribution < -0.4 is 11.3 Å². The molecule has 1 fully saturated rings. The maximum absolute atomic E-state index is 12.3. The van der Waals surface area contributed by atoms with E-state index in [9.17, 15) is 9.59 Å². The Bertz CT molecular complexity index is 476. The number of anilines is 1. The SMILES string of the molecule is CN1CCN(C(=O)c2cnccc2NN)CC1=O. The number of hydrogen-bond acceptors (Lipinski definition) is 5. The minimum absolute atomic E-state index is 0.0688. The van der Waals surface area contributed by atoms with Gasteiger partial charge in [0.05, 0.1) is 11.3 Å². The molecule has 7 heteroatoms. The van der Waals surface area contributed by atoms with Crippen LogP contribution in [0.25, 0.3) is 0 Å². The fraction of sp³-hybridized carbons (Fsp3) is 0.364. The number of amides is 2. The Hall–Kier alpha value is -2.15. The lowest BCUT2D eigenvalue weighted by atomic mass is 10.2. The van der Waals surface area contributed by atoms with E-state index in [1.165, 1.54) is 11.1 Å². The summed E-state index contributed by atoms with van der Waals surface area (Å²) in [6, 6.07) is 1.62. The van der Waals surface area contributed by atoms with Crippen LogP contribution in [0.1, 0.15) is 10.4 Å². The van der Waals surface area contributed by atoms with Crippen LogP contribution in [0.2, 0.25) is 0 Å². The monoisotopic (exact) mass is 249 g/mol. The topological polar surface area (TPSA) is 91.6 Å². The number of nitrogens with two attached hydrogens (primary N) is 1. The zero-order chi connectivity index (χ0) is 13.1. The van der Waals surface area contributed by atoms with Crippen LogP contribution in [0.15, 0.2) is 18.5 Å². The van der Waals surface area contributed by atoms with Crippen LogP contribution in [0.4, 0.5) is 5.69 Å². The maximum Gasteiger partial charge on any atom is 0.258 e. The molecular formula is C11H15N5O2. The highest BCUT2D eigenvalue weighted by Gasteiger charge is 2.26. The lowest BCUT2D eigenvalue weighted by molar-refractivity contribution is -0.133. The van der Waals surface area contributed by atoms with Gasteiger partial charge in [-0.3, -0.25) is 20.4 Å². The summed E-state index contributed by atoms with van der Waals surface area (Å²) in [5, 5.41) is 0. The van der Waals surface area contributed by atoms with Gasteiger partial charge in [0.25, 0.3) is 5.91 Å². The molecule has 2 amide bonds. The standard InChI is InChI=1S/C11H15N5O2/c1-15-4-5-16(7-10(15)17)11(18)8-6-13-3-2-9(8)14-12/h2-3,6H,4-5,7,12H2,1H3,(H,13,14). The van der Waals surface area contributed by atoms with Crippen LogP contribution in [0.3, 0.4) is 0 Å². The Labute approximate surface area is 105 Å². The number of nitrogens with one attached hydrogen (secondary N) is 1. The zero-order valence-electron chi connectivity index (χ0n) is 10.1. The summed E-state index contributed by atoms with van der Waals surface area (Å²) in [5.74, 6) is 5.04. The Morgan fingerprint density at radius 2 is 2.28 bits per heavy atom. The van der Waals surface area contributed by atoms with E-state index in [0.717, 1.165) is 0 Å². The van der Waals surface area contributed by atoms with E-state index in [1.54, 1.807) is 24.2 Å². The van der Waals surface area contributed by atoms with Crippen molar-refractivity contribution >= 4 is 17.5 Å². The second-order valence-corrected chi connectivity index (χ2v) is 4.11. The molecule has 0 spiro atoms. The number of carbonyl (C=O) groups excluding carboxylic acids is 2. The summed E-state index contributed by atoms with van der Waals surface area (Å²) in [7, 11) is 1.72. The van der Waals surface area contributed by atoms with E-state index < -0.39 is 0 Å². The first kappa shape index (κ1) is 12.3. The molecule has 0 unspecified atom stereocenters. The first-order chi connectivity index (χ1) is 8.63. The van der Waals surface area contributed by atoms with E-state index in [2.05, 4.69) is 10.4 Å². The van der Waals surface area contributed by atoms with Gasteiger partial charge in [-0.1, -0.05) is 0 Å². The molecule has 18 heavy (non-hydrogen) atoms. The third-order valence-electron chi connectivity index (χ3n) is 2.95. The number of piperazine rings is 1. The summed E-state index contributed by atoms with van der Waals surface area (Å²) in [6.07, 6.45) is 2.99. The predicted octanol–water partition coefficient (Wildman–Crippen LogP) is -0.719. The second kappa shape index (κ2) is 5.01. The molecule has 0 aromatic carbocycles. The molecule has 2 rings (SSSR count). The molecular weight excluding hydrogens is 234 g/mol. The molecule has 1 aromatic heterocycles. The normalized spacial score (nSPS) is 15.8. The van der Waals surface area contributed by atoms with Crippen molar-refractivity contribution in [2.45, 2.75) is 0 Å². The fourth-order valence-electron chi connectivity index (χ4n) is 1.79. The second-order valence-electron chi connectivity index (χ2n) is 4.11. The number of hydrazine groups is 1. The number of aromatic nitrogens is 1. The van der Waals surface area contributed by atoms with Crippen molar-refractivity contribution in [3.63, 3.8) is 0 Å².